The van der Waals surface area contributed by atoms with E-state index in [0.29, 0.717) is 13.0 Å². The number of carbonyl (C=O) groups excluding carboxylic acids is 1. The molecule has 0 aliphatic heterocycles. The Balaban J connectivity index is 2.64. The molecule has 1 aromatic carbocycles. The molecule has 20 heavy (non-hydrogen) atoms. The fraction of sp³-hybridized carbons (Fsp3) is 0.533. The van der Waals surface area contributed by atoms with Gasteiger partial charge < -0.3 is 20.1 Å². The molecule has 0 bridgehead atoms. The third-order valence-corrected chi connectivity index (χ3v) is 2.96. The molecule has 0 aromatic heterocycles. The van der Waals surface area contributed by atoms with Gasteiger partial charge in [-0.1, -0.05) is 6.07 Å². The number of hydrogen-bond donors (Lipinski definition) is 2. The van der Waals surface area contributed by atoms with Crippen LogP contribution in [0.1, 0.15) is 25.0 Å². The number of carbonyl (C=O) groups is 1. The minimum absolute atomic E-state index is 0.132. The molecule has 2 N–H and O–H groups in total. The molecule has 112 valence electrons. The zero-order valence-electron chi connectivity index (χ0n) is 12.9. The van der Waals surface area contributed by atoms with Gasteiger partial charge in [0.2, 0.25) is 0 Å². The van der Waals surface area contributed by atoms with Gasteiger partial charge in [-0.05, 0) is 38.8 Å². The van der Waals surface area contributed by atoms with Crippen molar-refractivity contribution in [2.45, 2.75) is 33.2 Å². The summed E-state index contributed by atoms with van der Waals surface area (Å²) in [4.78, 5) is 11.5. The average molecular weight is 280 g/mol. The van der Waals surface area contributed by atoms with Gasteiger partial charge in [0.15, 0.2) is 0 Å². The van der Waals surface area contributed by atoms with Crippen molar-refractivity contribution in [3.05, 3.63) is 23.3 Å². The van der Waals surface area contributed by atoms with Crippen LogP contribution >= 0.6 is 0 Å². The van der Waals surface area contributed by atoms with E-state index >= 15 is 0 Å². The lowest BCUT2D eigenvalue weighted by Crippen LogP contribution is -2.40. The van der Waals surface area contributed by atoms with Gasteiger partial charge in [-0.15, -0.1) is 0 Å². The summed E-state index contributed by atoms with van der Waals surface area (Å²) in [7, 11) is 3.28. The Bertz CT molecular complexity index is 459. The first-order valence-electron chi connectivity index (χ1n) is 6.74. The Labute approximate surface area is 120 Å². The second kappa shape index (κ2) is 7.62. The Morgan fingerprint density at radius 3 is 2.50 bits per heavy atom. The van der Waals surface area contributed by atoms with Crippen molar-refractivity contribution < 1.29 is 14.3 Å². The van der Waals surface area contributed by atoms with Crippen LogP contribution in [0.25, 0.3) is 0 Å². The van der Waals surface area contributed by atoms with E-state index in [1.54, 1.807) is 14.2 Å². The SMILES string of the molecule is COc1ccc(CCNC(=O)NC(C)C)c(OC)c1C. The normalized spacial score (nSPS) is 10.3. The van der Waals surface area contributed by atoms with Crippen LogP contribution in [-0.2, 0) is 6.42 Å². The molecule has 1 rings (SSSR count). The number of rotatable bonds is 6. The van der Waals surface area contributed by atoms with Crippen LogP contribution in [0.5, 0.6) is 11.5 Å². The highest BCUT2D eigenvalue weighted by Crippen LogP contribution is 2.31. The largest absolute Gasteiger partial charge is 0.496 e. The Morgan fingerprint density at radius 1 is 1.25 bits per heavy atom. The highest BCUT2D eigenvalue weighted by molar-refractivity contribution is 5.74. The molecule has 0 aliphatic rings. The van der Waals surface area contributed by atoms with E-state index in [4.69, 9.17) is 9.47 Å². The molecule has 0 spiro atoms. The van der Waals surface area contributed by atoms with Gasteiger partial charge in [-0.25, -0.2) is 4.79 Å². The zero-order valence-corrected chi connectivity index (χ0v) is 12.9. The first-order chi connectivity index (χ1) is 9.49. The smallest absolute Gasteiger partial charge is 0.314 e. The monoisotopic (exact) mass is 280 g/mol. The van der Waals surface area contributed by atoms with Crippen LogP contribution in [0.4, 0.5) is 4.79 Å². The van der Waals surface area contributed by atoms with E-state index < -0.39 is 0 Å². The molecule has 0 aliphatic carbocycles. The summed E-state index contributed by atoms with van der Waals surface area (Å²) in [6, 6.07) is 3.87. The number of urea groups is 1. The predicted octanol–water partition coefficient (Wildman–Crippen LogP) is 2.26. The van der Waals surface area contributed by atoms with Crippen LogP contribution in [0.3, 0.4) is 0 Å². The number of methoxy groups -OCH3 is 2. The molecule has 2 amide bonds. The molecule has 0 radical (unpaired) electrons. The molecule has 0 saturated heterocycles. The average Bonchev–Trinajstić information content (AvgIpc) is 2.38. The lowest BCUT2D eigenvalue weighted by molar-refractivity contribution is 0.238. The van der Waals surface area contributed by atoms with Gasteiger partial charge in [-0.2, -0.15) is 0 Å². The van der Waals surface area contributed by atoms with Gasteiger partial charge in [0.25, 0.3) is 0 Å². The van der Waals surface area contributed by atoms with Crippen molar-refractivity contribution in [2.75, 3.05) is 20.8 Å². The van der Waals surface area contributed by atoms with Gasteiger partial charge in [0, 0.05) is 18.2 Å². The summed E-state index contributed by atoms with van der Waals surface area (Å²) >= 11 is 0. The molecule has 0 saturated carbocycles. The van der Waals surface area contributed by atoms with Gasteiger partial charge in [0.1, 0.15) is 11.5 Å². The maximum Gasteiger partial charge on any atom is 0.314 e. The molecule has 0 atom stereocenters. The van der Waals surface area contributed by atoms with Crippen molar-refractivity contribution in [1.82, 2.24) is 10.6 Å². The summed E-state index contributed by atoms with van der Waals surface area (Å²) in [5, 5.41) is 5.61. The fourth-order valence-electron chi connectivity index (χ4n) is 2.06. The van der Waals surface area contributed by atoms with E-state index in [0.717, 1.165) is 22.6 Å². The van der Waals surface area contributed by atoms with E-state index in [2.05, 4.69) is 10.6 Å². The second-order valence-electron chi connectivity index (χ2n) is 4.89. The summed E-state index contributed by atoms with van der Waals surface area (Å²) in [5.74, 6) is 1.62. The number of hydrogen-bond acceptors (Lipinski definition) is 3. The Kier molecular flexibility index (Phi) is 6.15. The molecule has 0 fully saturated rings. The van der Waals surface area contributed by atoms with Crippen molar-refractivity contribution in [3.8, 4) is 11.5 Å². The van der Waals surface area contributed by atoms with Gasteiger partial charge >= 0.3 is 6.03 Å². The summed E-state index contributed by atoms with van der Waals surface area (Å²) in [6.45, 7) is 6.37. The van der Waals surface area contributed by atoms with Crippen LogP contribution in [0, 0.1) is 6.92 Å². The highest BCUT2D eigenvalue weighted by Gasteiger charge is 2.11. The maximum atomic E-state index is 11.5. The molecule has 5 heteroatoms. The standard InChI is InChI=1S/C15H24N2O3/c1-10(2)17-15(18)16-9-8-12-6-7-13(19-4)11(3)14(12)20-5/h6-7,10H,8-9H2,1-5H3,(H2,16,17,18). The molecule has 5 nitrogen and oxygen atoms in total. The van der Waals surface area contributed by atoms with Crippen molar-refractivity contribution in [2.24, 2.45) is 0 Å². The lowest BCUT2D eigenvalue weighted by atomic mass is 10.1. The van der Waals surface area contributed by atoms with Crippen LogP contribution < -0.4 is 20.1 Å². The lowest BCUT2D eigenvalue weighted by Gasteiger charge is -2.15. The van der Waals surface area contributed by atoms with Crippen molar-refractivity contribution in [3.63, 3.8) is 0 Å². The first-order valence-corrected chi connectivity index (χ1v) is 6.74. The first kappa shape index (κ1) is 16.1. The Morgan fingerprint density at radius 2 is 1.95 bits per heavy atom. The molecule has 0 heterocycles. The third kappa shape index (κ3) is 4.33. The topological polar surface area (TPSA) is 59.6 Å². The second-order valence-corrected chi connectivity index (χ2v) is 4.89. The van der Waals surface area contributed by atoms with Crippen molar-refractivity contribution >= 4 is 6.03 Å². The highest BCUT2D eigenvalue weighted by atomic mass is 16.5. The van der Waals surface area contributed by atoms with Crippen LogP contribution in [0.15, 0.2) is 12.1 Å². The summed E-state index contributed by atoms with van der Waals surface area (Å²) in [6.07, 6.45) is 0.708. The summed E-state index contributed by atoms with van der Waals surface area (Å²) in [5.41, 5.74) is 2.02. The number of ether oxygens (including phenoxy) is 2. The van der Waals surface area contributed by atoms with Crippen molar-refractivity contribution in [1.29, 1.82) is 0 Å². The molecule has 1 aromatic rings. The van der Waals surface area contributed by atoms with Crippen LogP contribution in [0.2, 0.25) is 0 Å². The zero-order chi connectivity index (χ0) is 15.1. The maximum absolute atomic E-state index is 11.5. The van der Waals surface area contributed by atoms with E-state index in [1.165, 1.54) is 0 Å². The van der Waals surface area contributed by atoms with E-state index in [-0.39, 0.29) is 12.1 Å². The van der Waals surface area contributed by atoms with Crippen LogP contribution in [-0.4, -0.2) is 32.8 Å². The molecule has 0 unspecified atom stereocenters. The number of benzene rings is 1. The van der Waals surface area contributed by atoms with Gasteiger partial charge in [0.05, 0.1) is 14.2 Å². The number of amides is 2. The van der Waals surface area contributed by atoms with E-state index in [1.807, 2.05) is 32.9 Å². The number of nitrogens with one attached hydrogen (secondary N) is 2. The third-order valence-electron chi connectivity index (χ3n) is 2.96. The summed E-state index contributed by atoms with van der Waals surface area (Å²) < 4.78 is 10.7. The predicted molar refractivity (Wildman–Crippen MR) is 79.7 cm³/mol. The minimum atomic E-state index is -0.149. The minimum Gasteiger partial charge on any atom is -0.496 e. The Hall–Kier alpha value is -1.91. The molecular weight excluding hydrogens is 256 g/mol. The quantitative estimate of drug-likeness (QED) is 0.840. The van der Waals surface area contributed by atoms with E-state index in [9.17, 15) is 4.79 Å². The fourth-order valence-corrected chi connectivity index (χ4v) is 2.06. The van der Waals surface area contributed by atoms with Gasteiger partial charge in [-0.3, -0.25) is 0 Å². The molecular formula is C15H24N2O3.